The fourth-order valence-electron chi connectivity index (χ4n) is 7.42. The highest BCUT2D eigenvalue weighted by molar-refractivity contribution is 6.69. The molecule has 4 nitrogen and oxygen atoms in total. The highest BCUT2D eigenvalue weighted by Gasteiger charge is 2.42. The van der Waals surface area contributed by atoms with E-state index in [1.807, 2.05) is 17.0 Å². The quantitative estimate of drug-likeness (QED) is 0.263. The summed E-state index contributed by atoms with van der Waals surface area (Å²) in [4.78, 5) is 20.7. The normalized spacial score (nSPS) is 23.0. The molecule has 0 unspecified atom stereocenters. The summed E-state index contributed by atoms with van der Waals surface area (Å²) >= 11 is 44.4. The van der Waals surface area contributed by atoms with Gasteiger partial charge in [-0.3, -0.25) is 9.69 Å². The summed E-state index contributed by atoms with van der Waals surface area (Å²) in [6.45, 7) is 6.01. The van der Waals surface area contributed by atoms with Crippen molar-refractivity contribution in [1.29, 1.82) is 0 Å². The predicted molar refractivity (Wildman–Crippen MR) is 187 cm³/mol. The van der Waals surface area contributed by atoms with Crippen LogP contribution in [0.5, 0.6) is 0 Å². The Labute approximate surface area is 301 Å². The lowest BCUT2D eigenvalue weighted by Crippen LogP contribution is -2.53. The van der Waals surface area contributed by atoms with Gasteiger partial charge >= 0.3 is 0 Å². The second-order valence-electron chi connectivity index (χ2n) is 12.8. The van der Waals surface area contributed by atoms with Crippen molar-refractivity contribution in [2.45, 2.75) is 76.8 Å². The minimum atomic E-state index is -1.84. The molecule has 0 spiro atoms. The molecule has 2 aromatic rings. The van der Waals surface area contributed by atoms with Crippen molar-refractivity contribution in [1.82, 2.24) is 14.7 Å². The number of amides is 1. The largest absolute Gasteiger partial charge is 0.342 e. The van der Waals surface area contributed by atoms with E-state index in [9.17, 15) is 9.18 Å². The van der Waals surface area contributed by atoms with Crippen LogP contribution in [0.1, 0.15) is 73.6 Å². The Morgan fingerprint density at radius 2 is 1.56 bits per heavy atom. The number of halogens is 8. The maximum absolute atomic E-state index is 14.6. The van der Waals surface area contributed by atoms with Crippen molar-refractivity contribution >= 4 is 87.1 Å². The van der Waals surface area contributed by atoms with Gasteiger partial charge < -0.3 is 9.80 Å². The second kappa shape index (κ2) is 15.1. The van der Waals surface area contributed by atoms with Gasteiger partial charge in [-0.1, -0.05) is 125 Å². The van der Waals surface area contributed by atoms with Crippen LogP contribution in [-0.4, -0.2) is 72.5 Å². The van der Waals surface area contributed by atoms with E-state index in [1.165, 1.54) is 44.2 Å². The number of carbonyl (C=O) groups excluding carboxylic acids is 1. The van der Waals surface area contributed by atoms with Crippen LogP contribution in [0.2, 0.25) is 5.02 Å². The number of rotatable bonds is 7. The molecule has 3 aliphatic rings. The standard InChI is InChI=1S/C33H39Cl7FN3O/c34-28-8-4-9-29(41)25(28)21-30(45)44-14-5-12-31(22-44,23-10-11-26(32(35,36)37)27(20-23)33(38,39)40)13-15-42-16-18-43(19-17-42)24-6-2-1-3-7-24/h4,8-11,20,24H,1-3,5-7,12-19,21-22H2/t31-/m1/s1. The Balaban J connectivity index is 1.40. The van der Waals surface area contributed by atoms with E-state index in [0.29, 0.717) is 30.3 Å². The molecule has 0 bridgehead atoms. The van der Waals surface area contributed by atoms with Gasteiger partial charge in [0, 0.05) is 72.4 Å². The molecule has 1 aliphatic carbocycles. The molecular weight excluding hydrogens is 722 g/mol. The highest BCUT2D eigenvalue weighted by atomic mass is 35.6. The van der Waals surface area contributed by atoms with Gasteiger partial charge in [0.05, 0.1) is 6.42 Å². The summed E-state index contributed by atoms with van der Waals surface area (Å²) in [6.07, 6.45) is 8.89. The second-order valence-corrected chi connectivity index (χ2v) is 17.7. The Morgan fingerprint density at radius 1 is 0.867 bits per heavy atom. The van der Waals surface area contributed by atoms with Gasteiger partial charge in [0.15, 0.2) is 0 Å². The molecule has 0 N–H and O–H groups in total. The number of hydrogen-bond acceptors (Lipinski definition) is 3. The maximum atomic E-state index is 14.6. The van der Waals surface area contributed by atoms with Crippen LogP contribution in [0.25, 0.3) is 0 Å². The van der Waals surface area contributed by atoms with E-state index < -0.39 is 18.8 Å². The third kappa shape index (κ3) is 8.88. The SMILES string of the molecule is O=C(Cc1c(F)cccc1Cl)N1CCC[C@](CCN2CCN(C3CCCCC3)CC2)(c2ccc(C(Cl)(Cl)Cl)c(C(Cl)(Cl)Cl)c2)C1. The summed E-state index contributed by atoms with van der Waals surface area (Å²) in [5.41, 5.74) is 1.27. The number of piperidine rings is 1. The molecule has 2 heterocycles. The Hall–Kier alpha value is -0.210. The van der Waals surface area contributed by atoms with Crippen LogP contribution in [0.3, 0.4) is 0 Å². The molecule has 2 aliphatic heterocycles. The Kier molecular flexibility index (Phi) is 12.1. The first-order chi connectivity index (χ1) is 21.3. The number of hydrogen-bond donors (Lipinski definition) is 0. The number of likely N-dealkylation sites (tertiary alicyclic amines) is 1. The van der Waals surface area contributed by atoms with Crippen LogP contribution in [0.15, 0.2) is 36.4 Å². The minimum Gasteiger partial charge on any atom is -0.342 e. The average molecular weight is 761 g/mol. The minimum absolute atomic E-state index is 0.115. The zero-order valence-corrected chi connectivity index (χ0v) is 30.4. The van der Waals surface area contributed by atoms with E-state index in [0.717, 1.165) is 57.5 Å². The first kappa shape index (κ1) is 36.1. The lowest BCUT2D eigenvalue weighted by molar-refractivity contribution is -0.133. The average Bonchev–Trinajstić information content (AvgIpc) is 3.01. The van der Waals surface area contributed by atoms with Crippen LogP contribution in [-0.2, 0) is 24.2 Å². The number of piperazine rings is 1. The zero-order valence-electron chi connectivity index (χ0n) is 25.1. The molecule has 2 aromatic carbocycles. The fourth-order valence-corrected chi connectivity index (χ4v) is 8.61. The number of alkyl halides is 6. The van der Waals surface area contributed by atoms with Crippen molar-refractivity contribution in [3.8, 4) is 0 Å². The van der Waals surface area contributed by atoms with Crippen LogP contribution in [0.4, 0.5) is 4.39 Å². The van der Waals surface area contributed by atoms with Crippen molar-refractivity contribution in [3.05, 3.63) is 69.5 Å². The van der Waals surface area contributed by atoms with Gasteiger partial charge in [-0.25, -0.2) is 4.39 Å². The van der Waals surface area contributed by atoms with Crippen molar-refractivity contribution < 1.29 is 9.18 Å². The van der Waals surface area contributed by atoms with Gasteiger partial charge in [-0.15, -0.1) is 0 Å². The molecular formula is C33H39Cl7FN3O. The Bertz CT molecular complexity index is 1320. The highest BCUT2D eigenvalue weighted by Crippen LogP contribution is 2.50. The molecule has 12 heteroatoms. The van der Waals surface area contributed by atoms with Crippen molar-refractivity contribution in [3.63, 3.8) is 0 Å². The number of benzene rings is 2. The fraction of sp³-hybridized carbons (Fsp3) is 0.606. The van der Waals surface area contributed by atoms with Crippen LogP contribution < -0.4 is 0 Å². The zero-order chi connectivity index (χ0) is 32.4. The number of carbonyl (C=O) groups is 1. The smallest absolute Gasteiger partial charge is 0.227 e. The van der Waals surface area contributed by atoms with E-state index in [1.54, 1.807) is 12.1 Å². The van der Waals surface area contributed by atoms with E-state index in [-0.39, 0.29) is 22.9 Å². The monoisotopic (exact) mass is 757 g/mol. The summed E-state index contributed by atoms with van der Waals surface area (Å²) in [6, 6.07) is 10.6. The van der Waals surface area contributed by atoms with Gasteiger partial charge in [-0.05, 0) is 56.3 Å². The predicted octanol–water partition coefficient (Wildman–Crippen LogP) is 9.58. The molecule has 1 atom stereocenters. The molecule has 1 saturated carbocycles. The third-order valence-electron chi connectivity index (χ3n) is 9.97. The van der Waals surface area contributed by atoms with Crippen molar-refractivity contribution in [2.24, 2.45) is 0 Å². The topological polar surface area (TPSA) is 26.8 Å². The lowest BCUT2D eigenvalue weighted by atomic mass is 9.71. The first-order valence-corrected chi connectivity index (χ1v) is 18.4. The van der Waals surface area contributed by atoms with Gasteiger partial charge in [0.25, 0.3) is 0 Å². The van der Waals surface area contributed by atoms with E-state index >= 15 is 0 Å². The summed E-state index contributed by atoms with van der Waals surface area (Å²) in [5, 5.41) is 0.244. The van der Waals surface area contributed by atoms with Gasteiger partial charge in [0.2, 0.25) is 13.5 Å². The molecule has 5 rings (SSSR count). The van der Waals surface area contributed by atoms with Gasteiger partial charge in [-0.2, -0.15) is 0 Å². The summed E-state index contributed by atoms with van der Waals surface area (Å²) in [7, 11) is 0. The molecule has 248 valence electrons. The first-order valence-electron chi connectivity index (χ1n) is 15.7. The summed E-state index contributed by atoms with van der Waals surface area (Å²) in [5.74, 6) is -0.659. The number of nitrogens with zero attached hydrogens (tertiary/aromatic N) is 3. The molecule has 45 heavy (non-hydrogen) atoms. The Morgan fingerprint density at radius 3 is 2.20 bits per heavy atom. The molecule has 1 amide bonds. The van der Waals surface area contributed by atoms with Crippen LogP contribution >= 0.6 is 81.2 Å². The summed E-state index contributed by atoms with van der Waals surface area (Å²) < 4.78 is 11.0. The molecule has 0 radical (unpaired) electrons. The molecule has 3 fully saturated rings. The van der Waals surface area contributed by atoms with Gasteiger partial charge in [0.1, 0.15) is 5.82 Å². The van der Waals surface area contributed by atoms with Crippen LogP contribution in [0, 0.1) is 5.82 Å². The third-order valence-corrected chi connectivity index (χ3v) is 11.5. The molecule has 0 aromatic heterocycles. The molecule has 2 saturated heterocycles. The maximum Gasteiger partial charge on any atom is 0.227 e. The van der Waals surface area contributed by atoms with E-state index in [2.05, 4.69) is 9.80 Å². The lowest BCUT2D eigenvalue weighted by Gasteiger charge is -2.46. The van der Waals surface area contributed by atoms with E-state index in [4.69, 9.17) is 81.2 Å². The van der Waals surface area contributed by atoms with Crippen molar-refractivity contribution in [2.75, 3.05) is 45.8 Å².